The lowest BCUT2D eigenvalue weighted by Crippen LogP contribution is -2.43. The van der Waals surface area contributed by atoms with Gasteiger partial charge in [-0.25, -0.2) is 0 Å². The molecule has 6 nitrogen and oxygen atoms in total. The number of likely N-dealkylation sites (tertiary alicyclic amines) is 1. The molecule has 7 heteroatoms. The number of hydrogen-bond acceptors (Lipinski definition) is 5. The van der Waals surface area contributed by atoms with E-state index in [1.807, 2.05) is 61.6 Å². The van der Waals surface area contributed by atoms with Crippen LogP contribution in [0.1, 0.15) is 18.7 Å². The molecule has 0 saturated carbocycles. The molecule has 1 aliphatic rings. The largest absolute Gasteiger partial charge is 0.338 e. The maximum Gasteiger partial charge on any atom is 0.241 e. The van der Waals surface area contributed by atoms with Crippen LogP contribution in [0.4, 0.5) is 5.69 Å². The van der Waals surface area contributed by atoms with Gasteiger partial charge in [0.15, 0.2) is 0 Å². The topological polar surface area (TPSA) is 62.5 Å². The van der Waals surface area contributed by atoms with Crippen LogP contribution in [-0.2, 0) is 11.3 Å². The van der Waals surface area contributed by atoms with E-state index in [1.165, 1.54) is 0 Å². The summed E-state index contributed by atoms with van der Waals surface area (Å²) in [4.78, 5) is 21.5. The van der Waals surface area contributed by atoms with Crippen molar-refractivity contribution in [3.8, 4) is 11.4 Å². The van der Waals surface area contributed by atoms with Gasteiger partial charge in [-0.15, -0.1) is 0 Å². The fourth-order valence-electron chi connectivity index (χ4n) is 3.71. The van der Waals surface area contributed by atoms with Crippen LogP contribution >= 0.6 is 15.9 Å². The fourth-order valence-corrected chi connectivity index (χ4v) is 4.11. The van der Waals surface area contributed by atoms with Gasteiger partial charge in [-0.3, -0.25) is 9.69 Å². The van der Waals surface area contributed by atoms with Gasteiger partial charge in [0.2, 0.25) is 17.6 Å². The summed E-state index contributed by atoms with van der Waals surface area (Å²) in [5.41, 5.74) is 1.83. The molecule has 1 atom stereocenters. The molecule has 0 N–H and O–H groups in total. The lowest BCUT2D eigenvalue weighted by atomic mass is 9.96. The van der Waals surface area contributed by atoms with Crippen LogP contribution in [0.25, 0.3) is 11.4 Å². The number of piperidine rings is 1. The number of nitrogens with zero attached hydrogens (tertiary/aromatic N) is 4. The van der Waals surface area contributed by atoms with Crippen LogP contribution in [0.2, 0.25) is 0 Å². The summed E-state index contributed by atoms with van der Waals surface area (Å²) in [7, 11) is 1.85. The molecule has 1 aliphatic heterocycles. The molecule has 3 aromatic rings. The van der Waals surface area contributed by atoms with Crippen molar-refractivity contribution in [1.82, 2.24) is 15.0 Å². The van der Waals surface area contributed by atoms with Crippen molar-refractivity contribution in [2.45, 2.75) is 19.4 Å². The Morgan fingerprint density at radius 3 is 2.86 bits per heavy atom. The Bertz CT molecular complexity index is 976. The van der Waals surface area contributed by atoms with Crippen molar-refractivity contribution in [3.63, 3.8) is 0 Å². The van der Waals surface area contributed by atoms with Crippen molar-refractivity contribution in [3.05, 3.63) is 65.0 Å². The number of halogens is 1. The Morgan fingerprint density at radius 2 is 2.07 bits per heavy atom. The van der Waals surface area contributed by atoms with Crippen LogP contribution in [0.15, 0.2) is 63.6 Å². The number of rotatable bonds is 5. The number of para-hydroxylation sites is 1. The van der Waals surface area contributed by atoms with Gasteiger partial charge < -0.3 is 9.42 Å². The first-order valence-electron chi connectivity index (χ1n) is 9.73. The minimum atomic E-state index is -0.0265. The van der Waals surface area contributed by atoms with Gasteiger partial charge >= 0.3 is 0 Å². The molecule has 29 heavy (non-hydrogen) atoms. The van der Waals surface area contributed by atoms with E-state index >= 15 is 0 Å². The Balaban J connectivity index is 1.40. The molecule has 0 bridgehead atoms. The lowest BCUT2D eigenvalue weighted by molar-refractivity contribution is -0.123. The molecule has 0 spiro atoms. The number of amides is 1. The molecule has 0 aliphatic carbocycles. The van der Waals surface area contributed by atoms with Crippen LogP contribution in [0.5, 0.6) is 0 Å². The summed E-state index contributed by atoms with van der Waals surface area (Å²) >= 11 is 3.46. The summed E-state index contributed by atoms with van der Waals surface area (Å²) in [5, 5.41) is 4.11. The third-order valence-corrected chi connectivity index (χ3v) is 5.73. The maximum absolute atomic E-state index is 13.0. The van der Waals surface area contributed by atoms with E-state index < -0.39 is 0 Å². The number of carbonyl (C=O) groups excluding carboxylic acids is 1. The predicted molar refractivity (Wildman–Crippen MR) is 115 cm³/mol. The lowest BCUT2D eigenvalue weighted by Gasteiger charge is -2.33. The highest BCUT2D eigenvalue weighted by Gasteiger charge is 2.29. The van der Waals surface area contributed by atoms with Gasteiger partial charge in [-0.1, -0.05) is 51.4 Å². The highest BCUT2D eigenvalue weighted by molar-refractivity contribution is 9.10. The Hall–Kier alpha value is -2.51. The molecular weight excluding hydrogens is 432 g/mol. The molecular formula is C22H23BrN4O2. The van der Waals surface area contributed by atoms with Crippen LogP contribution in [-0.4, -0.2) is 41.1 Å². The molecule has 0 radical (unpaired) electrons. The van der Waals surface area contributed by atoms with Crippen molar-refractivity contribution in [2.24, 2.45) is 5.92 Å². The maximum atomic E-state index is 13.0. The molecule has 1 fully saturated rings. The zero-order valence-corrected chi connectivity index (χ0v) is 17.9. The van der Waals surface area contributed by atoms with Crippen molar-refractivity contribution < 1.29 is 9.32 Å². The average Bonchev–Trinajstić information content (AvgIpc) is 3.22. The summed E-state index contributed by atoms with van der Waals surface area (Å²) < 4.78 is 6.43. The van der Waals surface area contributed by atoms with E-state index in [9.17, 15) is 4.79 Å². The van der Waals surface area contributed by atoms with Crippen LogP contribution < -0.4 is 4.90 Å². The van der Waals surface area contributed by atoms with E-state index in [0.717, 1.165) is 35.1 Å². The van der Waals surface area contributed by atoms with E-state index in [-0.39, 0.29) is 11.8 Å². The summed E-state index contributed by atoms with van der Waals surface area (Å²) in [6.45, 7) is 2.18. The molecule has 4 rings (SSSR count). The molecule has 2 heterocycles. The van der Waals surface area contributed by atoms with Gasteiger partial charge in [-0.2, -0.15) is 4.98 Å². The Kier molecular flexibility index (Phi) is 6.06. The molecule has 1 saturated heterocycles. The standard InChI is InChI=1S/C22H23BrN4O2/c1-26(19-10-3-2-4-11-19)22(28)17-8-6-12-27(14-17)15-20-24-21(25-29-20)16-7-5-9-18(23)13-16/h2-5,7,9-11,13,17H,6,8,12,14-15H2,1H3. The summed E-state index contributed by atoms with van der Waals surface area (Å²) in [6.07, 6.45) is 1.88. The minimum absolute atomic E-state index is 0.0265. The van der Waals surface area contributed by atoms with Gasteiger partial charge in [0.25, 0.3) is 0 Å². The van der Waals surface area contributed by atoms with Gasteiger partial charge in [0, 0.05) is 29.3 Å². The number of carbonyl (C=O) groups is 1. The number of benzene rings is 2. The molecule has 1 unspecified atom stereocenters. The first-order chi connectivity index (χ1) is 14.1. The monoisotopic (exact) mass is 454 g/mol. The quantitative estimate of drug-likeness (QED) is 0.572. The first-order valence-corrected chi connectivity index (χ1v) is 10.5. The Morgan fingerprint density at radius 1 is 1.24 bits per heavy atom. The van der Waals surface area contributed by atoms with E-state index in [0.29, 0.717) is 24.8 Å². The highest BCUT2D eigenvalue weighted by Crippen LogP contribution is 2.24. The zero-order valence-electron chi connectivity index (χ0n) is 16.3. The van der Waals surface area contributed by atoms with Gasteiger partial charge in [0.1, 0.15) is 0 Å². The van der Waals surface area contributed by atoms with Crippen LogP contribution in [0, 0.1) is 5.92 Å². The second-order valence-corrected chi connectivity index (χ2v) is 8.24. The zero-order chi connectivity index (χ0) is 20.2. The SMILES string of the molecule is CN(C(=O)C1CCCN(Cc2nc(-c3cccc(Br)c3)no2)C1)c1ccccc1. The third kappa shape index (κ3) is 4.74. The summed E-state index contributed by atoms with van der Waals surface area (Å²) in [6, 6.07) is 17.6. The molecule has 150 valence electrons. The van der Waals surface area contributed by atoms with E-state index in [2.05, 4.69) is 31.0 Å². The molecule has 1 amide bonds. The molecule has 2 aromatic carbocycles. The van der Waals surface area contributed by atoms with Gasteiger partial charge in [-0.05, 0) is 43.7 Å². The fraction of sp³-hybridized carbons (Fsp3) is 0.318. The van der Waals surface area contributed by atoms with E-state index in [4.69, 9.17) is 4.52 Å². The van der Waals surface area contributed by atoms with Crippen molar-refractivity contribution >= 4 is 27.5 Å². The van der Waals surface area contributed by atoms with Crippen molar-refractivity contribution in [2.75, 3.05) is 25.0 Å². The highest BCUT2D eigenvalue weighted by atomic mass is 79.9. The number of hydrogen-bond donors (Lipinski definition) is 0. The predicted octanol–water partition coefficient (Wildman–Crippen LogP) is 4.37. The van der Waals surface area contributed by atoms with Crippen molar-refractivity contribution in [1.29, 1.82) is 0 Å². The second kappa shape index (κ2) is 8.88. The Labute approximate surface area is 178 Å². The van der Waals surface area contributed by atoms with Gasteiger partial charge in [0.05, 0.1) is 12.5 Å². The second-order valence-electron chi connectivity index (χ2n) is 7.33. The minimum Gasteiger partial charge on any atom is -0.338 e. The smallest absolute Gasteiger partial charge is 0.241 e. The molecule has 1 aromatic heterocycles. The normalized spacial score (nSPS) is 17.2. The number of anilines is 1. The summed E-state index contributed by atoms with van der Waals surface area (Å²) in [5.74, 6) is 1.28. The van der Waals surface area contributed by atoms with E-state index in [1.54, 1.807) is 4.90 Å². The third-order valence-electron chi connectivity index (χ3n) is 5.24. The first kappa shape index (κ1) is 19.8. The van der Waals surface area contributed by atoms with Crippen LogP contribution in [0.3, 0.4) is 0 Å². The number of aromatic nitrogens is 2. The average molecular weight is 455 g/mol.